The Kier molecular flexibility index (Phi) is 3.84. The van der Waals surface area contributed by atoms with E-state index in [0.717, 1.165) is 49.4 Å². The van der Waals surface area contributed by atoms with Crippen LogP contribution < -0.4 is 4.74 Å². The maximum absolute atomic E-state index is 12.6. The van der Waals surface area contributed by atoms with Gasteiger partial charge in [0.15, 0.2) is 0 Å². The lowest BCUT2D eigenvalue weighted by molar-refractivity contribution is 0.0638. The van der Waals surface area contributed by atoms with Gasteiger partial charge in [0.1, 0.15) is 11.4 Å². The van der Waals surface area contributed by atoms with Crippen molar-refractivity contribution in [3.05, 3.63) is 30.0 Å². The van der Waals surface area contributed by atoms with Gasteiger partial charge in [0.25, 0.3) is 5.91 Å². The van der Waals surface area contributed by atoms with Gasteiger partial charge in [-0.3, -0.25) is 4.79 Å². The number of nitrogens with one attached hydrogen (secondary N) is 1. The molecule has 5 heteroatoms. The van der Waals surface area contributed by atoms with Crippen LogP contribution in [0.5, 0.6) is 5.75 Å². The second-order valence-corrected chi connectivity index (χ2v) is 5.36. The lowest BCUT2D eigenvalue weighted by Crippen LogP contribution is -2.48. The molecule has 112 valence electrons. The van der Waals surface area contributed by atoms with Gasteiger partial charge >= 0.3 is 0 Å². The van der Waals surface area contributed by atoms with Crippen LogP contribution in [0.3, 0.4) is 0 Å². The first-order valence-electron chi connectivity index (χ1n) is 7.39. The Morgan fingerprint density at radius 1 is 1.24 bits per heavy atom. The molecule has 0 atom stereocenters. The minimum atomic E-state index is 0.0842. The van der Waals surface area contributed by atoms with Crippen molar-refractivity contribution in [2.45, 2.75) is 6.92 Å². The fourth-order valence-corrected chi connectivity index (χ4v) is 2.79. The van der Waals surface area contributed by atoms with Crippen molar-refractivity contribution in [1.82, 2.24) is 14.8 Å². The maximum Gasteiger partial charge on any atom is 0.270 e. The highest BCUT2D eigenvalue weighted by Crippen LogP contribution is 2.22. The lowest BCUT2D eigenvalue weighted by atomic mass is 10.2. The standard InChI is InChI=1S/C16H21N3O2/c1-3-18-6-8-19(9-7-18)16(20)15-11-12-10-13(21-2)4-5-14(12)17-15/h4-5,10-11,17H,3,6-9H2,1-2H3. The molecule has 1 amide bonds. The number of fused-ring (bicyclic) bond motifs is 1. The highest BCUT2D eigenvalue weighted by atomic mass is 16.5. The molecule has 2 aromatic rings. The minimum Gasteiger partial charge on any atom is -0.497 e. The highest BCUT2D eigenvalue weighted by molar-refractivity contribution is 5.98. The summed E-state index contributed by atoms with van der Waals surface area (Å²) in [6, 6.07) is 7.69. The number of ether oxygens (including phenoxy) is 1. The zero-order valence-corrected chi connectivity index (χ0v) is 12.6. The number of likely N-dealkylation sites (N-methyl/N-ethyl adjacent to an activating group) is 1. The average molecular weight is 287 g/mol. The normalized spacial score (nSPS) is 16.4. The van der Waals surface area contributed by atoms with Gasteiger partial charge in [0.2, 0.25) is 0 Å². The fourth-order valence-electron chi connectivity index (χ4n) is 2.79. The second kappa shape index (κ2) is 5.77. The minimum absolute atomic E-state index is 0.0842. The van der Waals surface area contributed by atoms with Crippen molar-refractivity contribution in [1.29, 1.82) is 0 Å². The fraction of sp³-hybridized carbons (Fsp3) is 0.438. The number of nitrogens with zero attached hydrogens (tertiary/aromatic N) is 2. The highest BCUT2D eigenvalue weighted by Gasteiger charge is 2.22. The number of rotatable bonds is 3. The van der Waals surface area contributed by atoms with Crippen LogP contribution in [0.25, 0.3) is 10.9 Å². The monoisotopic (exact) mass is 287 g/mol. The summed E-state index contributed by atoms with van der Waals surface area (Å²) in [6.45, 7) is 6.71. The number of methoxy groups -OCH3 is 1. The first kappa shape index (κ1) is 13.9. The van der Waals surface area contributed by atoms with Crippen LogP contribution in [-0.2, 0) is 0 Å². The molecule has 1 N–H and O–H groups in total. The van der Waals surface area contributed by atoms with E-state index in [1.807, 2.05) is 29.2 Å². The molecule has 3 rings (SSSR count). The van der Waals surface area contributed by atoms with E-state index in [2.05, 4.69) is 16.8 Å². The Bertz CT molecular complexity index is 642. The first-order chi connectivity index (χ1) is 10.2. The number of amides is 1. The third kappa shape index (κ3) is 2.74. The van der Waals surface area contributed by atoms with Crippen LogP contribution in [0.1, 0.15) is 17.4 Å². The number of carbonyl (C=O) groups excluding carboxylic acids is 1. The molecule has 0 bridgehead atoms. The third-order valence-electron chi connectivity index (χ3n) is 4.17. The predicted molar refractivity (Wildman–Crippen MR) is 82.9 cm³/mol. The summed E-state index contributed by atoms with van der Waals surface area (Å²) < 4.78 is 5.22. The molecule has 1 aromatic heterocycles. The topological polar surface area (TPSA) is 48.6 Å². The average Bonchev–Trinajstić information content (AvgIpc) is 2.97. The summed E-state index contributed by atoms with van der Waals surface area (Å²) in [5.74, 6) is 0.887. The Morgan fingerprint density at radius 3 is 2.67 bits per heavy atom. The van der Waals surface area contributed by atoms with Crippen molar-refractivity contribution in [2.24, 2.45) is 0 Å². The van der Waals surface area contributed by atoms with Crippen molar-refractivity contribution in [3.8, 4) is 5.75 Å². The third-order valence-corrected chi connectivity index (χ3v) is 4.17. The molecule has 1 aliphatic rings. The quantitative estimate of drug-likeness (QED) is 0.938. The Labute approximate surface area is 124 Å². The Hall–Kier alpha value is -2.01. The SMILES string of the molecule is CCN1CCN(C(=O)c2cc3cc(OC)ccc3[nH]2)CC1. The number of H-pyrrole nitrogens is 1. The molecule has 0 saturated carbocycles. The van der Waals surface area contributed by atoms with E-state index in [0.29, 0.717) is 5.69 Å². The van der Waals surface area contributed by atoms with Crippen LogP contribution in [0.2, 0.25) is 0 Å². The van der Waals surface area contributed by atoms with Crippen molar-refractivity contribution in [2.75, 3.05) is 39.8 Å². The summed E-state index contributed by atoms with van der Waals surface area (Å²) in [4.78, 5) is 20.1. The predicted octanol–water partition coefficient (Wildman–Crippen LogP) is 1.95. The number of aromatic nitrogens is 1. The van der Waals surface area contributed by atoms with Gasteiger partial charge in [-0.1, -0.05) is 6.92 Å². The molecule has 0 unspecified atom stereocenters. The zero-order chi connectivity index (χ0) is 14.8. The molecule has 5 nitrogen and oxygen atoms in total. The summed E-state index contributed by atoms with van der Waals surface area (Å²) in [5.41, 5.74) is 1.62. The molecule has 1 aromatic carbocycles. The number of hydrogen-bond acceptors (Lipinski definition) is 3. The van der Waals surface area contributed by atoms with Gasteiger partial charge in [-0.15, -0.1) is 0 Å². The zero-order valence-electron chi connectivity index (χ0n) is 12.6. The summed E-state index contributed by atoms with van der Waals surface area (Å²) in [5, 5.41) is 1.00. The summed E-state index contributed by atoms with van der Waals surface area (Å²) >= 11 is 0. The molecule has 1 saturated heterocycles. The summed E-state index contributed by atoms with van der Waals surface area (Å²) in [6.07, 6.45) is 0. The van der Waals surface area contributed by atoms with Crippen LogP contribution in [0, 0.1) is 0 Å². The molecule has 0 spiro atoms. The largest absolute Gasteiger partial charge is 0.497 e. The maximum atomic E-state index is 12.6. The number of aromatic amines is 1. The molecule has 1 fully saturated rings. The molecular weight excluding hydrogens is 266 g/mol. The number of hydrogen-bond donors (Lipinski definition) is 1. The van der Waals surface area contributed by atoms with Gasteiger partial charge < -0.3 is 19.5 Å². The van der Waals surface area contributed by atoms with E-state index in [9.17, 15) is 4.79 Å². The van der Waals surface area contributed by atoms with Gasteiger partial charge in [0.05, 0.1) is 7.11 Å². The van der Waals surface area contributed by atoms with Gasteiger partial charge in [0, 0.05) is 37.1 Å². The van der Waals surface area contributed by atoms with Gasteiger partial charge in [-0.25, -0.2) is 0 Å². The van der Waals surface area contributed by atoms with Crippen molar-refractivity contribution >= 4 is 16.8 Å². The Balaban J connectivity index is 1.78. The molecule has 21 heavy (non-hydrogen) atoms. The van der Waals surface area contributed by atoms with E-state index in [4.69, 9.17) is 4.74 Å². The Morgan fingerprint density at radius 2 is 2.00 bits per heavy atom. The second-order valence-electron chi connectivity index (χ2n) is 5.36. The van der Waals surface area contributed by atoms with E-state index in [1.165, 1.54) is 0 Å². The van der Waals surface area contributed by atoms with E-state index >= 15 is 0 Å². The molecule has 2 heterocycles. The van der Waals surface area contributed by atoms with Crippen molar-refractivity contribution < 1.29 is 9.53 Å². The van der Waals surface area contributed by atoms with Crippen LogP contribution in [-0.4, -0.2) is 60.5 Å². The van der Waals surface area contributed by atoms with Gasteiger partial charge in [-0.05, 0) is 30.8 Å². The van der Waals surface area contributed by atoms with E-state index in [-0.39, 0.29) is 5.91 Å². The molecule has 0 radical (unpaired) electrons. The van der Waals surface area contributed by atoms with Gasteiger partial charge in [-0.2, -0.15) is 0 Å². The molecule has 1 aliphatic heterocycles. The van der Waals surface area contributed by atoms with Crippen LogP contribution in [0.15, 0.2) is 24.3 Å². The van der Waals surface area contributed by atoms with E-state index < -0.39 is 0 Å². The summed E-state index contributed by atoms with van der Waals surface area (Å²) in [7, 11) is 1.65. The first-order valence-corrected chi connectivity index (χ1v) is 7.39. The number of carbonyl (C=O) groups is 1. The number of piperazine rings is 1. The van der Waals surface area contributed by atoms with Crippen molar-refractivity contribution in [3.63, 3.8) is 0 Å². The molecule has 0 aliphatic carbocycles. The van der Waals surface area contributed by atoms with Crippen LogP contribution >= 0.6 is 0 Å². The smallest absolute Gasteiger partial charge is 0.270 e. The number of benzene rings is 1. The lowest BCUT2D eigenvalue weighted by Gasteiger charge is -2.33. The van der Waals surface area contributed by atoms with Crippen LogP contribution in [0.4, 0.5) is 0 Å². The molecular formula is C16H21N3O2. The van der Waals surface area contributed by atoms with E-state index in [1.54, 1.807) is 7.11 Å².